The van der Waals surface area contributed by atoms with Crippen LogP contribution in [0.4, 0.5) is 4.79 Å². The molecule has 1 saturated carbocycles. The number of urea groups is 1. The van der Waals surface area contributed by atoms with E-state index in [0.717, 1.165) is 23.5 Å². The summed E-state index contributed by atoms with van der Waals surface area (Å²) in [6, 6.07) is 5.76. The molecule has 0 aromatic heterocycles. The van der Waals surface area contributed by atoms with Crippen molar-refractivity contribution in [2.45, 2.75) is 32.7 Å². The van der Waals surface area contributed by atoms with E-state index in [9.17, 15) is 9.59 Å². The van der Waals surface area contributed by atoms with Crippen molar-refractivity contribution in [1.82, 2.24) is 10.2 Å². The number of carbonyl (C=O) groups is 2. The van der Waals surface area contributed by atoms with Gasteiger partial charge in [0.1, 0.15) is 5.75 Å². The standard InChI is InChI=1S/C18H24N2O4/c1-12-2-5-14(16(8-12)24-11-13-3-4-13)9-19-18(23)20-7-6-15(10-20)17(21)22/h2,5,8,13,15H,3-4,6-7,9-11H2,1H3,(H,19,23)(H,21,22). The highest BCUT2D eigenvalue weighted by molar-refractivity contribution is 5.77. The Balaban J connectivity index is 1.55. The molecule has 1 aromatic carbocycles. The van der Waals surface area contributed by atoms with Gasteiger partial charge in [-0.1, -0.05) is 12.1 Å². The molecule has 1 aliphatic carbocycles. The molecule has 0 radical (unpaired) electrons. The molecule has 1 heterocycles. The highest BCUT2D eigenvalue weighted by Crippen LogP contribution is 2.30. The van der Waals surface area contributed by atoms with Gasteiger partial charge >= 0.3 is 12.0 Å². The first-order valence-corrected chi connectivity index (χ1v) is 8.51. The molecule has 3 rings (SSSR count). The van der Waals surface area contributed by atoms with Gasteiger partial charge in [-0.15, -0.1) is 0 Å². The van der Waals surface area contributed by atoms with Crippen molar-refractivity contribution >= 4 is 12.0 Å². The summed E-state index contributed by atoms with van der Waals surface area (Å²) in [4.78, 5) is 24.8. The number of nitrogens with one attached hydrogen (secondary N) is 1. The molecule has 6 nitrogen and oxygen atoms in total. The summed E-state index contributed by atoms with van der Waals surface area (Å²) in [6.45, 7) is 3.90. The van der Waals surface area contributed by atoms with Crippen molar-refractivity contribution in [3.63, 3.8) is 0 Å². The number of hydrogen-bond donors (Lipinski definition) is 2. The zero-order valence-electron chi connectivity index (χ0n) is 14.0. The summed E-state index contributed by atoms with van der Waals surface area (Å²) in [5.74, 6) is 0.213. The topological polar surface area (TPSA) is 78.9 Å². The summed E-state index contributed by atoms with van der Waals surface area (Å²) >= 11 is 0. The highest BCUT2D eigenvalue weighted by atomic mass is 16.5. The van der Waals surface area contributed by atoms with E-state index in [1.54, 1.807) is 4.90 Å². The smallest absolute Gasteiger partial charge is 0.317 e. The van der Waals surface area contributed by atoms with Gasteiger partial charge in [0.15, 0.2) is 0 Å². The number of carboxylic acid groups (broad SMARTS) is 1. The second-order valence-electron chi connectivity index (χ2n) is 6.79. The summed E-state index contributed by atoms with van der Waals surface area (Å²) in [6.07, 6.45) is 2.98. The molecule has 1 saturated heterocycles. The van der Waals surface area contributed by atoms with Gasteiger partial charge in [0.05, 0.1) is 12.5 Å². The highest BCUT2D eigenvalue weighted by Gasteiger charge is 2.30. The van der Waals surface area contributed by atoms with Crippen LogP contribution in [0.2, 0.25) is 0 Å². The number of hydrogen-bond acceptors (Lipinski definition) is 3. The van der Waals surface area contributed by atoms with Crippen LogP contribution in [0.15, 0.2) is 18.2 Å². The van der Waals surface area contributed by atoms with Gasteiger partial charge in [-0.2, -0.15) is 0 Å². The predicted octanol–water partition coefficient (Wildman–Crippen LogP) is 2.40. The Labute approximate surface area is 141 Å². The molecule has 2 N–H and O–H groups in total. The van der Waals surface area contributed by atoms with Gasteiger partial charge in [0.25, 0.3) is 0 Å². The van der Waals surface area contributed by atoms with Gasteiger partial charge in [-0.3, -0.25) is 4.79 Å². The van der Waals surface area contributed by atoms with Gasteiger partial charge in [0, 0.05) is 25.2 Å². The number of nitrogens with zero attached hydrogens (tertiary/aromatic N) is 1. The number of carbonyl (C=O) groups excluding carboxylic acids is 1. The fourth-order valence-corrected chi connectivity index (χ4v) is 2.86. The average molecular weight is 332 g/mol. The maximum absolute atomic E-state index is 12.2. The Morgan fingerprint density at radius 2 is 2.12 bits per heavy atom. The second-order valence-corrected chi connectivity index (χ2v) is 6.79. The zero-order chi connectivity index (χ0) is 17.1. The Morgan fingerprint density at radius 1 is 1.33 bits per heavy atom. The molecule has 1 aromatic rings. The fourth-order valence-electron chi connectivity index (χ4n) is 2.86. The van der Waals surface area contributed by atoms with Crippen LogP contribution in [0.3, 0.4) is 0 Å². The van der Waals surface area contributed by atoms with Crippen LogP contribution >= 0.6 is 0 Å². The van der Waals surface area contributed by atoms with Gasteiger partial charge in [-0.25, -0.2) is 4.79 Å². The normalized spacial score (nSPS) is 20.0. The van der Waals surface area contributed by atoms with Crippen LogP contribution in [-0.4, -0.2) is 41.7 Å². The molecule has 0 bridgehead atoms. The fraction of sp³-hybridized carbons (Fsp3) is 0.556. The van der Waals surface area contributed by atoms with Crippen molar-refractivity contribution < 1.29 is 19.4 Å². The average Bonchev–Trinajstić information content (AvgIpc) is 3.24. The second kappa shape index (κ2) is 7.11. The van der Waals surface area contributed by atoms with E-state index in [2.05, 4.69) is 5.32 Å². The van der Waals surface area contributed by atoms with E-state index < -0.39 is 11.9 Å². The quantitative estimate of drug-likeness (QED) is 0.838. The SMILES string of the molecule is Cc1ccc(CNC(=O)N2CCC(C(=O)O)C2)c(OCC2CC2)c1. The molecule has 0 spiro atoms. The lowest BCUT2D eigenvalue weighted by Gasteiger charge is -2.18. The van der Waals surface area contributed by atoms with Crippen LogP contribution in [-0.2, 0) is 11.3 Å². The molecular formula is C18H24N2O4. The van der Waals surface area contributed by atoms with Crippen LogP contribution in [0, 0.1) is 18.8 Å². The molecule has 130 valence electrons. The van der Waals surface area contributed by atoms with E-state index in [1.807, 2.05) is 25.1 Å². The third-order valence-corrected chi connectivity index (χ3v) is 4.65. The monoisotopic (exact) mass is 332 g/mol. The molecule has 1 aliphatic heterocycles. The first-order valence-electron chi connectivity index (χ1n) is 8.51. The number of ether oxygens (including phenoxy) is 1. The minimum absolute atomic E-state index is 0.215. The number of amides is 2. The van der Waals surface area contributed by atoms with Crippen molar-refractivity contribution in [3.8, 4) is 5.75 Å². The third-order valence-electron chi connectivity index (χ3n) is 4.65. The number of benzene rings is 1. The van der Waals surface area contributed by atoms with E-state index >= 15 is 0 Å². The minimum atomic E-state index is -0.834. The van der Waals surface area contributed by atoms with E-state index in [4.69, 9.17) is 9.84 Å². The Kier molecular flexibility index (Phi) is 4.92. The first kappa shape index (κ1) is 16.6. The predicted molar refractivity (Wildman–Crippen MR) is 88.9 cm³/mol. The molecule has 24 heavy (non-hydrogen) atoms. The van der Waals surface area contributed by atoms with Gasteiger partial charge in [-0.05, 0) is 43.7 Å². The van der Waals surface area contributed by atoms with Crippen molar-refractivity contribution in [1.29, 1.82) is 0 Å². The summed E-state index contributed by atoms with van der Waals surface area (Å²) in [7, 11) is 0. The third kappa shape index (κ3) is 4.19. The Bertz CT molecular complexity index is 627. The molecular weight excluding hydrogens is 308 g/mol. The lowest BCUT2D eigenvalue weighted by molar-refractivity contribution is -0.141. The van der Waals surface area contributed by atoms with Crippen LogP contribution in [0.5, 0.6) is 5.75 Å². The number of rotatable bonds is 6. The summed E-state index contributed by atoms with van der Waals surface area (Å²) in [5.41, 5.74) is 2.07. The molecule has 2 fully saturated rings. The summed E-state index contributed by atoms with van der Waals surface area (Å²) < 4.78 is 5.91. The lowest BCUT2D eigenvalue weighted by atomic mass is 10.1. The number of likely N-dealkylation sites (tertiary alicyclic amines) is 1. The van der Waals surface area contributed by atoms with Crippen molar-refractivity contribution in [3.05, 3.63) is 29.3 Å². The first-order chi connectivity index (χ1) is 11.5. The molecule has 1 atom stereocenters. The van der Waals surface area contributed by atoms with Gasteiger partial charge in [0.2, 0.25) is 0 Å². The lowest BCUT2D eigenvalue weighted by Crippen LogP contribution is -2.38. The molecule has 2 aliphatic rings. The number of aliphatic carboxylic acids is 1. The summed E-state index contributed by atoms with van der Waals surface area (Å²) in [5, 5.41) is 11.9. The maximum Gasteiger partial charge on any atom is 0.317 e. The van der Waals surface area contributed by atoms with Crippen molar-refractivity contribution in [2.24, 2.45) is 11.8 Å². The van der Waals surface area contributed by atoms with E-state index in [-0.39, 0.29) is 12.6 Å². The molecule has 6 heteroatoms. The number of carboxylic acids is 1. The van der Waals surface area contributed by atoms with Crippen LogP contribution in [0.25, 0.3) is 0 Å². The zero-order valence-corrected chi connectivity index (χ0v) is 14.0. The number of aryl methyl sites for hydroxylation is 1. The maximum atomic E-state index is 12.2. The van der Waals surface area contributed by atoms with E-state index in [0.29, 0.717) is 25.4 Å². The van der Waals surface area contributed by atoms with Gasteiger partial charge < -0.3 is 20.1 Å². The van der Waals surface area contributed by atoms with E-state index in [1.165, 1.54) is 12.8 Å². The molecule has 1 unspecified atom stereocenters. The van der Waals surface area contributed by atoms with Crippen LogP contribution < -0.4 is 10.1 Å². The minimum Gasteiger partial charge on any atom is -0.493 e. The van der Waals surface area contributed by atoms with Crippen LogP contribution in [0.1, 0.15) is 30.4 Å². The Morgan fingerprint density at radius 3 is 2.79 bits per heavy atom. The van der Waals surface area contributed by atoms with Crippen molar-refractivity contribution in [2.75, 3.05) is 19.7 Å². The Hall–Kier alpha value is -2.24. The largest absolute Gasteiger partial charge is 0.493 e. The molecule has 2 amide bonds.